The van der Waals surface area contributed by atoms with E-state index in [9.17, 15) is 22.4 Å². The third kappa shape index (κ3) is 3.69. The minimum Gasteiger partial charge on any atom is -0.471 e. The summed E-state index contributed by atoms with van der Waals surface area (Å²) in [4.78, 5) is 14.4. The third-order valence-corrected chi connectivity index (χ3v) is 1.87. The average Bonchev–Trinajstić information content (AvgIpc) is 2.27. The van der Waals surface area contributed by atoms with Crippen molar-refractivity contribution < 1.29 is 27.1 Å². The summed E-state index contributed by atoms with van der Waals surface area (Å²) < 4.78 is 53.0. The van der Waals surface area contributed by atoms with Gasteiger partial charge in [-0.05, 0) is 13.0 Å². The highest BCUT2D eigenvalue weighted by Crippen LogP contribution is 2.23. The number of carbonyl (C=O) groups is 1. The molecule has 0 aromatic carbocycles. The van der Waals surface area contributed by atoms with E-state index in [1.807, 2.05) is 0 Å². The molecule has 1 aromatic heterocycles. The van der Waals surface area contributed by atoms with Crippen LogP contribution < -0.4 is 4.74 Å². The lowest BCUT2D eigenvalue weighted by Crippen LogP contribution is -2.33. The van der Waals surface area contributed by atoms with Crippen LogP contribution in [0, 0.1) is 0 Å². The number of pyridine rings is 1. The molecule has 0 spiro atoms. The Labute approximate surface area is 94.4 Å². The molecule has 94 valence electrons. The number of aromatic nitrogens is 1. The van der Waals surface area contributed by atoms with Gasteiger partial charge in [0.15, 0.2) is 12.4 Å². The molecule has 0 fully saturated rings. The maximum Gasteiger partial charge on any atom is 0.340 e. The van der Waals surface area contributed by atoms with Crippen LogP contribution in [0.3, 0.4) is 0 Å². The van der Waals surface area contributed by atoms with E-state index in [0.717, 1.165) is 12.3 Å². The Morgan fingerprint density at radius 2 is 2.12 bits per heavy atom. The van der Waals surface area contributed by atoms with Gasteiger partial charge in [-0.2, -0.15) is 8.78 Å². The number of Topliss-reactive ketones (excluding diaryl/α,β-unsaturated/α-hetero) is 1. The van der Waals surface area contributed by atoms with Gasteiger partial charge >= 0.3 is 12.3 Å². The first-order valence-electron chi connectivity index (χ1n) is 4.58. The summed E-state index contributed by atoms with van der Waals surface area (Å²) in [5.41, 5.74) is 0.276. The molecule has 0 bridgehead atoms. The van der Waals surface area contributed by atoms with Crippen LogP contribution in [0.4, 0.5) is 17.6 Å². The number of halogens is 4. The van der Waals surface area contributed by atoms with Gasteiger partial charge in [-0.25, -0.2) is 13.8 Å². The highest BCUT2D eigenvalue weighted by Gasteiger charge is 2.41. The van der Waals surface area contributed by atoms with E-state index in [0.29, 0.717) is 0 Å². The largest absolute Gasteiger partial charge is 0.471 e. The van der Waals surface area contributed by atoms with Gasteiger partial charge < -0.3 is 4.74 Å². The summed E-state index contributed by atoms with van der Waals surface area (Å²) in [7, 11) is 0. The van der Waals surface area contributed by atoms with Gasteiger partial charge in [0.05, 0.1) is 0 Å². The van der Waals surface area contributed by atoms with E-state index in [2.05, 4.69) is 9.72 Å². The molecule has 1 rings (SSSR count). The van der Waals surface area contributed by atoms with Crippen molar-refractivity contribution in [2.45, 2.75) is 19.3 Å². The first kappa shape index (κ1) is 13.4. The molecule has 0 radical (unpaired) electrons. The summed E-state index contributed by atoms with van der Waals surface area (Å²) in [6.45, 7) is -0.153. The highest BCUT2D eigenvalue weighted by atomic mass is 19.3. The van der Waals surface area contributed by atoms with Crippen molar-refractivity contribution >= 4 is 5.78 Å². The van der Waals surface area contributed by atoms with Crippen molar-refractivity contribution in [3.63, 3.8) is 0 Å². The molecule has 1 aromatic rings. The predicted octanol–water partition coefficient (Wildman–Crippen LogP) is 2.56. The molecular formula is C10H9F4NO2. The Morgan fingerprint density at radius 3 is 2.53 bits per heavy atom. The SMILES string of the molecule is CC(=O)c1ccc(OCC(F)(F)C(F)F)nc1. The summed E-state index contributed by atoms with van der Waals surface area (Å²) in [6, 6.07) is 2.48. The number of nitrogens with zero attached hydrogens (tertiary/aromatic N) is 1. The van der Waals surface area contributed by atoms with Crippen LogP contribution in [0.15, 0.2) is 18.3 Å². The van der Waals surface area contributed by atoms with Gasteiger partial charge in [-0.3, -0.25) is 4.79 Å². The van der Waals surface area contributed by atoms with Gasteiger partial charge in [-0.1, -0.05) is 0 Å². The fourth-order valence-electron chi connectivity index (χ4n) is 0.907. The average molecular weight is 251 g/mol. The molecule has 7 heteroatoms. The normalized spacial score (nSPS) is 11.6. The van der Waals surface area contributed by atoms with E-state index in [4.69, 9.17) is 0 Å². The number of rotatable bonds is 5. The number of hydrogen-bond donors (Lipinski definition) is 0. The quantitative estimate of drug-likeness (QED) is 0.596. The van der Waals surface area contributed by atoms with Gasteiger partial charge in [0.2, 0.25) is 5.88 Å². The van der Waals surface area contributed by atoms with Crippen molar-refractivity contribution in [1.29, 1.82) is 0 Å². The lowest BCUT2D eigenvalue weighted by molar-refractivity contribution is -0.148. The molecule has 0 aliphatic rings. The van der Waals surface area contributed by atoms with Crippen LogP contribution in [0.5, 0.6) is 5.88 Å². The second-order valence-corrected chi connectivity index (χ2v) is 3.29. The van der Waals surface area contributed by atoms with Gasteiger partial charge in [0, 0.05) is 17.8 Å². The Hall–Kier alpha value is -1.66. The lowest BCUT2D eigenvalue weighted by Gasteiger charge is -2.15. The van der Waals surface area contributed by atoms with Crippen molar-refractivity contribution in [3.8, 4) is 5.88 Å². The Kier molecular flexibility index (Phi) is 4.03. The fraction of sp³-hybridized carbons (Fsp3) is 0.400. The molecule has 3 nitrogen and oxygen atoms in total. The highest BCUT2D eigenvalue weighted by molar-refractivity contribution is 5.93. The molecule has 17 heavy (non-hydrogen) atoms. The summed E-state index contributed by atoms with van der Waals surface area (Å²) in [5, 5.41) is 0. The number of hydrogen-bond acceptors (Lipinski definition) is 3. The maximum absolute atomic E-state index is 12.5. The molecule has 0 unspecified atom stereocenters. The van der Waals surface area contributed by atoms with Gasteiger partial charge in [-0.15, -0.1) is 0 Å². The van der Waals surface area contributed by atoms with Gasteiger partial charge in [0.1, 0.15) is 0 Å². The number of ether oxygens (including phenoxy) is 1. The predicted molar refractivity (Wildman–Crippen MR) is 50.7 cm³/mol. The molecular weight excluding hydrogens is 242 g/mol. The number of ketones is 1. The minimum absolute atomic E-state index is 0.240. The molecule has 0 aliphatic carbocycles. The summed E-state index contributed by atoms with van der Waals surface area (Å²) in [6.07, 6.45) is -2.67. The minimum atomic E-state index is -4.22. The summed E-state index contributed by atoms with van der Waals surface area (Å²) >= 11 is 0. The van der Waals surface area contributed by atoms with E-state index in [-0.39, 0.29) is 17.2 Å². The Morgan fingerprint density at radius 1 is 1.47 bits per heavy atom. The van der Waals surface area contributed by atoms with E-state index in [1.165, 1.54) is 13.0 Å². The number of alkyl halides is 4. The molecule has 0 saturated carbocycles. The fourth-order valence-corrected chi connectivity index (χ4v) is 0.907. The monoisotopic (exact) mass is 251 g/mol. The van der Waals surface area contributed by atoms with E-state index in [1.54, 1.807) is 0 Å². The molecule has 0 atom stereocenters. The molecule has 0 saturated heterocycles. The standard InChI is InChI=1S/C10H9F4NO2/c1-6(16)7-2-3-8(15-4-7)17-5-10(13,14)9(11)12/h2-4,9H,5H2,1H3. The van der Waals surface area contributed by atoms with Crippen molar-refractivity contribution in [2.75, 3.05) is 6.61 Å². The topological polar surface area (TPSA) is 39.2 Å². The third-order valence-electron chi connectivity index (χ3n) is 1.87. The molecule has 0 N–H and O–H groups in total. The first-order valence-corrected chi connectivity index (χ1v) is 4.58. The van der Waals surface area contributed by atoms with Crippen molar-refractivity contribution in [1.82, 2.24) is 4.98 Å². The van der Waals surface area contributed by atoms with Crippen LogP contribution in [-0.2, 0) is 0 Å². The van der Waals surface area contributed by atoms with Crippen LogP contribution in [-0.4, -0.2) is 29.7 Å². The second kappa shape index (κ2) is 5.11. The van der Waals surface area contributed by atoms with E-state index >= 15 is 0 Å². The lowest BCUT2D eigenvalue weighted by atomic mass is 10.2. The van der Waals surface area contributed by atoms with Crippen LogP contribution in [0.1, 0.15) is 17.3 Å². The smallest absolute Gasteiger partial charge is 0.340 e. The van der Waals surface area contributed by atoms with Crippen molar-refractivity contribution in [3.05, 3.63) is 23.9 Å². The zero-order chi connectivity index (χ0) is 13.1. The molecule has 0 amide bonds. The van der Waals surface area contributed by atoms with Crippen molar-refractivity contribution in [2.24, 2.45) is 0 Å². The van der Waals surface area contributed by atoms with Crippen LogP contribution in [0.25, 0.3) is 0 Å². The molecule has 0 aliphatic heterocycles. The van der Waals surface area contributed by atoms with Crippen LogP contribution >= 0.6 is 0 Å². The molecule has 1 heterocycles. The summed E-state index contributed by atoms with van der Waals surface area (Å²) in [5.74, 6) is -4.71. The maximum atomic E-state index is 12.5. The number of carbonyl (C=O) groups excluding carboxylic acids is 1. The first-order chi connectivity index (χ1) is 7.83. The second-order valence-electron chi connectivity index (χ2n) is 3.29. The zero-order valence-electron chi connectivity index (χ0n) is 8.79. The van der Waals surface area contributed by atoms with Gasteiger partial charge in [0.25, 0.3) is 0 Å². The Bertz CT molecular complexity index is 392. The van der Waals surface area contributed by atoms with E-state index < -0.39 is 19.0 Å². The Balaban J connectivity index is 2.62. The zero-order valence-corrected chi connectivity index (χ0v) is 8.79. The van der Waals surface area contributed by atoms with Crippen LogP contribution in [0.2, 0.25) is 0 Å².